The molecule has 0 aliphatic carbocycles. The van der Waals surface area contributed by atoms with Gasteiger partial charge in [0.05, 0.1) is 11.3 Å². The molecule has 0 saturated carbocycles. The molecule has 0 unspecified atom stereocenters. The van der Waals surface area contributed by atoms with Gasteiger partial charge in [-0.1, -0.05) is 13.8 Å². The van der Waals surface area contributed by atoms with Crippen LogP contribution in [0.3, 0.4) is 0 Å². The highest BCUT2D eigenvalue weighted by atomic mass is 16.1. The summed E-state index contributed by atoms with van der Waals surface area (Å²) in [5, 5.41) is 3.12. The zero-order chi connectivity index (χ0) is 20.9. The fourth-order valence-electron chi connectivity index (χ4n) is 3.72. The lowest BCUT2D eigenvalue weighted by Gasteiger charge is -2.32. The van der Waals surface area contributed by atoms with Gasteiger partial charge in [-0.05, 0) is 48.6 Å². The number of pyridine rings is 2. The number of aromatic nitrogens is 4. The summed E-state index contributed by atoms with van der Waals surface area (Å²) in [5.41, 5.74) is 3.77. The van der Waals surface area contributed by atoms with E-state index in [0.717, 1.165) is 48.7 Å². The maximum absolute atomic E-state index is 12.4. The summed E-state index contributed by atoms with van der Waals surface area (Å²) < 4.78 is 0. The second-order valence-electron chi connectivity index (χ2n) is 7.84. The third-order valence-corrected chi connectivity index (χ3v) is 5.38. The van der Waals surface area contributed by atoms with Crippen LogP contribution in [0.2, 0.25) is 0 Å². The van der Waals surface area contributed by atoms with Crippen molar-refractivity contribution in [2.75, 3.05) is 18.0 Å². The Balaban J connectivity index is 1.43. The Morgan fingerprint density at radius 3 is 2.50 bits per heavy atom. The van der Waals surface area contributed by atoms with E-state index in [4.69, 9.17) is 4.98 Å². The molecule has 154 valence electrons. The molecule has 0 aromatic carbocycles. The number of anilines is 1. The minimum Gasteiger partial charge on any atom is -0.349 e. The van der Waals surface area contributed by atoms with Crippen molar-refractivity contribution in [3.8, 4) is 11.1 Å². The Morgan fingerprint density at radius 1 is 1.07 bits per heavy atom. The summed E-state index contributed by atoms with van der Waals surface area (Å²) in [7, 11) is 0. The maximum atomic E-state index is 12.4. The van der Waals surface area contributed by atoms with Crippen LogP contribution >= 0.6 is 0 Å². The fraction of sp³-hybridized carbons (Fsp3) is 0.348. The first-order chi connectivity index (χ1) is 14.6. The van der Waals surface area contributed by atoms with E-state index in [-0.39, 0.29) is 17.9 Å². The van der Waals surface area contributed by atoms with Crippen molar-refractivity contribution in [2.24, 2.45) is 0 Å². The molecular weight excluding hydrogens is 376 g/mol. The molecule has 1 aliphatic heterocycles. The summed E-state index contributed by atoms with van der Waals surface area (Å²) in [6, 6.07) is 7.68. The minimum absolute atomic E-state index is 0.0680. The van der Waals surface area contributed by atoms with Crippen LogP contribution in [0.15, 0.2) is 55.2 Å². The predicted octanol–water partition coefficient (Wildman–Crippen LogP) is 3.46. The summed E-state index contributed by atoms with van der Waals surface area (Å²) in [6.07, 6.45) is 10.5. The Kier molecular flexibility index (Phi) is 5.97. The van der Waals surface area contributed by atoms with Crippen LogP contribution in [-0.4, -0.2) is 45.0 Å². The summed E-state index contributed by atoms with van der Waals surface area (Å²) in [5.74, 6) is 0.973. The lowest BCUT2D eigenvalue weighted by molar-refractivity contribution is 0.0930. The Labute approximate surface area is 176 Å². The van der Waals surface area contributed by atoms with E-state index in [1.807, 2.05) is 18.3 Å². The van der Waals surface area contributed by atoms with Gasteiger partial charge >= 0.3 is 0 Å². The van der Waals surface area contributed by atoms with Crippen LogP contribution < -0.4 is 10.2 Å². The third-order valence-electron chi connectivity index (χ3n) is 5.38. The molecular formula is C23H26N6O. The number of nitrogens with zero attached hydrogens (tertiary/aromatic N) is 5. The van der Waals surface area contributed by atoms with E-state index >= 15 is 0 Å². The maximum Gasteiger partial charge on any atom is 0.253 e. The monoisotopic (exact) mass is 402 g/mol. The summed E-state index contributed by atoms with van der Waals surface area (Å²) in [6.45, 7) is 5.92. The number of carbonyl (C=O) groups is 1. The molecule has 0 bridgehead atoms. The molecule has 7 heteroatoms. The molecule has 0 atom stereocenters. The van der Waals surface area contributed by atoms with Crippen LogP contribution in [0.1, 0.15) is 48.7 Å². The second kappa shape index (κ2) is 8.98. The number of nitrogens with one attached hydrogen (secondary N) is 1. The van der Waals surface area contributed by atoms with Gasteiger partial charge in [-0.3, -0.25) is 14.8 Å². The molecule has 30 heavy (non-hydrogen) atoms. The first kappa shape index (κ1) is 19.9. The van der Waals surface area contributed by atoms with Gasteiger partial charge in [0.15, 0.2) is 0 Å². The van der Waals surface area contributed by atoms with Crippen molar-refractivity contribution in [3.63, 3.8) is 0 Å². The largest absolute Gasteiger partial charge is 0.349 e. The zero-order valence-corrected chi connectivity index (χ0v) is 17.3. The SMILES string of the molecule is CC(C)c1nc(N2CCC(NC(=O)c3cccnc3)CC2)ncc1-c1ccncc1. The van der Waals surface area contributed by atoms with E-state index in [0.29, 0.717) is 5.56 Å². The Hall–Kier alpha value is -3.35. The lowest BCUT2D eigenvalue weighted by Crippen LogP contribution is -2.45. The average molecular weight is 403 g/mol. The molecule has 3 aromatic heterocycles. The van der Waals surface area contributed by atoms with Gasteiger partial charge in [0.2, 0.25) is 5.95 Å². The lowest BCUT2D eigenvalue weighted by atomic mass is 10.00. The van der Waals surface area contributed by atoms with Crippen molar-refractivity contribution in [2.45, 2.75) is 38.6 Å². The molecule has 1 fully saturated rings. The number of hydrogen-bond donors (Lipinski definition) is 1. The van der Waals surface area contributed by atoms with Crippen LogP contribution in [0.5, 0.6) is 0 Å². The highest BCUT2D eigenvalue weighted by Crippen LogP contribution is 2.29. The van der Waals surface area contributed by atoms with Gasteiger partial charge in [-0.15, -0.1) is 0 Å². The fourth-order valence-corrected chi connectivity index (χ4v) is 3.72. The average Bonchev–Trinajstić information content (AvgIpc) is 2.80. The zero-order valence-electron chi connectivity index (χ0n) is 17.3. The van der Waals surface area contributed by atoms with Gasteiger partial charge in [0.1, 0.15) is 0 Å². The van der Waals surface area contributed by atoms with Crippen molar-refractivity contribution in [1.29, 1.82) is 0 Å². The molecule has 1 amide bonds. The molecule has 1 N–H and O–H groups in total. The number of carbonyl (C=O) groups excluding carboxylic acids is 1. The van der Waals surface area contributed by atoms with Gasteiger partial charge < -0.3 is 10.2 Å². The van der Waals surface area contributed by atoms with E-state index in [1.165, 1.54) is 0 Å². The number of amides is 1. The predicted molar refractivity (Wildman–Crippen MR) is 116 cm³/mol. The van der Waals surface area contributed by atoms with Gasteiger partial charge in [0.25, 0.3) is 5.91 Å². The van der Waals surface area contributed by atoms with Crippen LogP contribution in [-0.2, 0) is 0 Å². The standard InChI is InChI=1S/C23H26N6O/c1-16(2)21-20(17-5-10-24-11-6-17)15-26-23(28-21)29-12-7-19(8-13-29)27-22(30)18-4-3-9-25-14-18/h3-6,9-11,14-16,19H,7-8,12-13H2,1-2H3,(H,27,30). The summed E-state index contributed by atoms with van der Waals surface area (Å²) in [4.78, 5) is 32.2. The molecule has 4 heterocycles. The van der Waals surface area contributed by atoms with Crippen molar-refractivity contribution in [3.05, 3.63) is 66.5 Å². The first-order valence-corrected chi connectivity index (χ1v) is 10.3. The number of hydrogen-bond acceptors (Lipinski definition) is 6. The van der Waals surface area contributed by atoms with Crippen LogP contribution in [0, 0.1) is 0 Å². The van der Waals surface area contributed by atoms with Crippen molar-refractivity contribution < 1.29 is 4.79 Å². The van der Waals surface area contributed by atoms with Gasteiger partial charge in [-0.2, -0.15) is 0 Å². The van der Waals surface area contributed by atoms with E-state index in [1.54, 1.807) is 36.9 Å². The number of piperidine rings is 1. The second-order valence-corrected chi connectivity index (χ2v) is 7.84. The van der Waals surface area contributed by atoms with Gasteiger partial charge in [-0.25, -0.2) is 9.97 Å². The summed E-state index contributed by atoms with van der Waals surface area (Å²) >= 11 is 0. The highest BCUT2D eigenvalue weighted by molar-refractivity contribution is 5.94. The minimum atomic E-state index is -0.0680. The van der Waals surface area contributed by atoms with E-state index in [2.05, 4.69) is 39.0 Å². The Bertz CT molecular complexity index is 985. The van der Waals surface area contributed by atoms with Gasteiger partial charge in [0, 0.05) is 55.7 Å². The molecule has 7 nitrogen and oxygen atoms in total. The molecule has 0 spiro atoms. The third kappa shape index (κ3) is 4.45. The van der Waals surface area contributed by atoms with E-state index < -0.39 is 0 Å². The molecule has 1 aliphatic rings. The van der Waals surface area contributed by atoms with Crippen molar-refractivity contribution >= 4 is 11.9 Å². The Morgan fingerprint density at radius 2 is 1.83 bits per heavy atom. The molecule has 3 aromatic rings. The first-order valence-electron chi connectivity index (χ1n) is 10.3. The molecule has 1 saturated heterocycles. The topological polar surface area (TPSA) is 83.9 Å². The molecule has 0 radical (unpaired) electrons. The highest BCUT2D eigenvalue weighted by Gasteiger charge is 2.24. The van der Waals surface area contributed by atoms with E-state index in [9.17, 15) is 4.79 Å². The van der Waals surface area contributed by atoms with Crippen LogP contribution in [0.4, 0.5) is 5.95 Å². The molecule has 4 rings (SSSR count). The normalized spacial score (nSPS) is 14.7. The quantitative estimate of drug-likeness (QED) is 0.704. The van der Waals surface area contributed by atoms with Crippen molar-refractivity contribution in [1.82, 2.24) is 25.3 Å². The number of rotatable bonds is 5. The smallest absolute Gasteiger partial charge is 0.253 e. The van der Waals surface area contributed by atoms with Crippen LogP contribution in [0.25, 0.3) is 11.1 Å².